The number of rotatable bonds is 7. The molecule has 0 spiro atoms. The summed E-state index contributed by atoms with van der Waals surface area (Å²) in [5.74, 6) is 0.832. The van der Waals surface area contributed by atoms with Crippen LogP contribution in [0.1, 0.15) is 35.2 Å². The van der Waals surface area contributed by atoms with Crippen LogP contribution in [-0.4, -0.2) is 29.6 Å². The van der Waals surface area contributed by atoms with Crippen molar-refractivity contribution in [1.29, 1.82) is 0 Å². The number of hydrogen-bond acceptors (Lipinski definition) is 4. The van der Waals surface area contributed by atoms with E-state index in [9.17, 15) is 9.59 Å². The van der Waals surface area contributed by atoms with Crippen LogP contribution in [0.15, 0.2) is 46.9 Å². The fraction of sp³-hybridized carbons (Fsp3) is 0.263. The van der Waals surface area contributed by atoms with Gasteiger partial charge in [0.1, 0.15) is 11.5 Å². The van der Waals surface area contributed by atoms with Crippen LogP contribution in [-0.2, 0) is 4.79 Å². The maximum atomic E-state index is 12.0. The molecular weight excluding hydrogens is 320 g/mol. The van der Waals surface area contributed by atoms with E-state index in [1.54, 1.807) is 36.4 Å². The Morgan fingerprint density at radius 3 is 2.48 bits per heavy atom. The molecule has 25 heavy (non-hydrogen) atoms. The van der Waals surface area contributed by atoms with Crippen molar-refractivity contribution in [3.05, 3.63) is 59.6 Å². The fourth-order valence-electron chi connectivity index (χ4n) is 2.14. The van der Waals surface area contributed by atoms with Gasteiger partial charge in [-0.1, -0.05) is 6.92 Å². The predicted molar refractivity (Wildman–Crippen MR) is 96.2 cm³/mol. The van der Waals surface area contributed by atoms with Gasteiger partial charge in [-0.2, -0.15) is 0 Å². The van der Waals surface area contributed by atoms with Crippen LogP contribution in [0.4, 0.5) is 5.69 Å². The molecule has 1 aromatic carbocycles. The van der Waals surface area contributed by atoms with Crippen molar-refractivity contribution in [3.63, 3.8) is 0 Å². The van der Waals surface area contributed by atoms with Crippen molar-refractivity contribution < 1.29 is 19.1 Å². The Morgan fingerprint density at radius 2 is 1.92 bits per heavy atom. The predicted octanol–water partition coefficient (Wildman–Crippen LogP) is 2.74. The highest BCUT2D eigenvalue weighted by Gasteiger charge is 2.11. The normalized spacial score (nSPS) is 12.1. The molecule has 0 aliphatic carbocycles. The zero-order valence-corrected chi connectivity index (χ0v) is 14.3. The molecule has 2 aromatic rings. The molecule has 0 radical (unpaired) electrons. The summed E-state index contributed by atoms with van der Waals surface area (Å²) in [6.45, 7) is 3.62. The molecule has 0 fully saturated rings. The van der Waals surface area contributed by atoms with Gasteiger partial charge in [0.05, 0.1) is 12.6 Å². The SMILES string of the molecule is CCC(CO)NC(=O)c1ccc(NC(=O)/C=C/c2ccc(C)o2)cc1. The highest BCUT2D eigenvalue weighted by Crippen LogP contribution is 2.11. The summed E-state index contributed by atoms with van der Waals surface area (Å²) in [7, 11) is 0. The van der Waals surface area contributed by atoms with Crippen molar-refractivity contribution in [2.24, 2.45) is 0 Å². The standard InChI is InChI=1S/C19H22N2O4/c1-3-15(12-22)21-19(24)14-5-7-16(8-6-14)20-18(23)11-10-17-9-4-13(2)25-17/h4-11,15,22H,3,12H2,1-2H3,(H,20,23)(H,21,24)/b11-10+. The highest BCUT2D eigenvalue weighted by atomic mass is 16.3. The van der Waals surface area contributed by atoms with E-state index in [4.69, 9.17) is 9.52 Å². The number of benzene rings is 1. The number of aliphatic hydroxyl groups excluding tert-OH is 1. The number of furan rings is 1. The van der Waals surface area contributed by atoms with Gasteiger partial charge in [0, 0.05) is 17.3 Å². The first kappa shape index (κ1) is 18.5. The van der Waals surface area contributed by atoms with E-state index in [1.807, 2.05) is 19.9 Å². The van der Waals surface area contributed by atoms with E-state index >= 15 is 0 Å². The Kier molecular flexibility index (Phi) is 6.54. The van der Waals surface area contributed by atoms with E-state index in [-0.39, 0.29) is 24.5 Å². The Bertz CT molecular complexity index is 743. The van der Waals surface area contributed by atoms with Gasteiger partial charge in [-0.15, -0.1) is 0 Å². The van der Waals surface area contributed by atoms with Crippen LogP contribution < -0.4 is 10.6 Å². The van der Waals surface area contributed by atoms with Crippen molar-refractivity contribution >= 4 is 23.6 Å². The number of amides is 2. The molecule has 1 atom stereocenters. The Labute approximate surface area is 146 Å². The molecule has 6 heteroatoms. The number of carbonyl (C=O) groups is 2. The van der Waals surface area contributed by atoms with E-state index in [0.717, 1.165) is 5.76 Å². The fourth-order valence-corrected chi connectivity index (χ4v) is 2.14. The lowest BCUT2D eigenvalue weighted by Crippen LogP contribution is -2.36. The van der Waals surface area contributed by atoms with E-state index < -0.39 is 0 Å². The van der Waals surface area contributed by atoms with Crippen LogP contribution in [0.5, 0.6) is 0 Å². The number of aliphatic hydroxyl groups is 1. The van der Waals surface area contributed by atoms with Gasteiger partial charge < -0.3 is 20.2 Å². The number of hydrogen-bond donors (Lipinski definition) is 3. The minimum absolute atomic E-state index is 0.0993. The van der Waals surface area contributed by atoms with E-state index in [1.165, 1.54) is 6.08 Å². The van der Waals surface area contributed by atoms with E-state index in [2.05, 4.69) is 10.6 Å². The molecule has 132 valence electrons. The minimum atomic E-state index is -0.294. The summed E-state index contributed by atoms with van der Waals surface area (Å²) < 4.78 is 5.35. The van der Waals surface area contributed by atoms with E-state index in [0.29, 0.717) is 23.4 Å². The lowest BCUT2D eigenvalue weighted by atomic mass is 10.1. The molecule has 1 heterocycles. The molecule has 0 saturated heterocycles. The Hall–Kier alpha value is -2.86. The summed E-state index contributed by atoms with van der Waals surface area (Å²) in [5, 5.41) is 14.6. The Morgan fingerprint density at radius 1 is 1.20 bits per heavy atom. The van der Waals surface area contributed by atoms with Crippen LogP contribution in [0, 0.1) is 6.92 Å². The van der Waals surface area contributed by atoms with Crippen LogP contribution in [0.25, 0.3) is 6.08 Å². The van der Waals surface area contributed by atoms with Crippen LogP contribution >= 0.6 is 0 Å². The number of nitrogens with one attached hydrogen (secondary N) is 2. The summed E-state index contributed by atoms with van der Waals surface area (Å²) >= 11 is 0. The topological polar surface area (TPSA) is 91.6 Å². The van der Waals surface area contributed by atoms with Crippen molar-refractivity contribution in [2.45, 2.75) is 26.3 Å². The second-order valence-electron chi connectivity index (χ2n) is 5.61. The van der Waals surface area contributed by atoms with Gasteiger partial charge in [0.25, 0.3) is 5.91 Å². The lowest BCUT2D eigenvalue weighted by molar-refractivity contribution is -0.111. The summed E-state index contributed by atoms with van der Waals surface area (Å²) in [6.07, 6.45) is 3.62. The quantitative estimate of drug-likeness (QED) is 0.675. The van der Waals surface area contributed by atoms with Crippen LogP contribution in [0.3, 0.4) is 0 Å². The maximum Gasteiger partial charge on any atom is 0.251 e. The number of anilines is 1. The zero-order valence-electron chi connectivity index (χ0n) is 14.3. The first-order valence-electron chi connectivity index (χ1n) is 8.09. The molecule has 2 amide bonds. The molecule has 1 aromatic heterocycles. The third-order valence-electron chi connectivity index (χ3n) is 3.62. The average Bonchev–Trinajstić information content (AvgIpc) is 3.03. The molecule has 6 nitrogen and oxygen atoms in total. The molecule has 0 aliphatic heterocycles. The Balaban J connectivity index is 1.92. The largest absolute Gasteiger partial charge is 0.462 e. The molecule has 0 bridgehead atoms. The summed E-state index contributed by atoms with van der Waals surface area (Å²) in [5.41, 5.74) is 1.04. The first-order chi connectivity index (χ1) is 12.0. The monoisotopic (exact) mass is 342 g/mol. The highest BCUT2D eigenvalue weighted by molar-refractivity contribution is 6.02. The first-order valence-corrected chi connectivity index (χ1v) is 8.09. The minimum Gasteiger partial charge on any atom is -0.462 e. The molecule has 0 saturated carbocycles. The molecule has 2 rings (SSSR count). The van der Waals surface area contributed by atoms with Gasteiger partial charge in [0.15, 0.2) is 0 Å². The lowest BCUT2D eigenvalue weighted by Gasteiger charge is -2.14. The zero-order chi connectivity index (χ0) is 18.2. The second-order valence-corrected chi connectivity index (χ2v) is 5.61. The maximum absolute atomic E-state index is 12.0. The van der Waals surface area contributed by atoms with Gasteiger partial charge in [-0.25, -0.2) is 0 Å². The van der Waals surface area contributed by atoms with Gasteiger partial charge in [-0.05, 0) is 55.8 Å². The van der Waals surface area contributed by atoms with Crippen LogP contribution in [0.2, 0.25) is 0 Å². The molecular formula is C19H22N2O4. The molecule has 3 N–H and O–H groups in total. The second kappa shape index (κ2) is 8.84. The third kappa shape index (κ3) is 5.61. The van der Waals surface area contributed by atoms with Crippen molar-refractivity contribution in [3.8, 4) is 0 Å². The smallest absolute Gasteiger partial charge is 0.251 e. The van der Waals surface area contributed by atoms with Crippen molar-refractivity contribution in [1.82, 2.24) is 5.32 Å². The third-order valence-corrected chi connectivity index (χ3v) is 3.62. The summed E-state index contributed by atoms with van der Waals surface area (Å²) in [4.78, 5) is 23.9. The van der Waals surface area contributed by atoms with Crippen molar-refractivity contribution in [2.75, 3.05) is 11.9 Å². The molecule has 1 unspecified atom stereocenters. The van der Waals surface area contributed by atoms with Gasteiger partial charge >= 0.3 is 0 Å². The number of aryl methyl sites for hydroxylation is 1. The average molecular weight is 342 g/mol. The summed E-state index contributed by atoms with van der Waals surface area (Å²) in [6, 6.07) is 9.88. The van der Waals surface area contributed by atoms with Gasteiger partial charge in [0.2, 0.25) is 5.91 Å². The van der Waals surface area contributed by atoms with Gasteiger partial charge in [-0.3, -0.25) is 9.59 Å². The molecule has 0 aliphatic rings. The number of carbonyl (C=O) groups excluding carboxylic acids is 2.